The normalized spacial score (nSPS) is 19.0. The molecule has 0 spiro atoms. The number of benzene rings is 2. The van der Waals surface area contributed by atoms with Gasteiger partial charge < -0.3 is 0 Å². The maximum atomic E-state index is 15.2. The summed E-state index contributed by atoms with van der Waals surface area (Å²) in [5, 5.41) is 0. The highest BCUT2D eigenvalue weighted by Crippen LogP contribution is 2.27. The van der Waals surface area contributed by atoms with E-state index in [0.29, 0.717) is 0 Å². The van der Waals surface area contributed by atoms with Crippen LogP contribution in [-0.2, 0) is 20.0 Å². The van der Waals surface area contributed by atoms with Gasteiger partial charge in [-0.25, -0.2) is 21.2 Å². The molecule has 1 fully saturated rings. The third-order valence-corrected chi connectivity index (χ3v) is 8.65. The Hall–Kier alpha value is -1.81. The van der Waals surface area contributed by atoms with Crippen molar-refractivity contribution in [2.45, 2.75) is 36.2 Å². The predicted octanol–water partition coefficient (Wildman–Crippen LogP) is 2.73. The van der Waals surface area contributed by atoms with Crippen molar-refractivity contribution in [1.29, 1.82) is 0 Å². The highest BCUT2D eigenvalue weighted by Gasteiger charge is 2.41. The van der Waals surface area contributed by atoms with Crippen molar-refractivity contribution in [2.24, 2.45) is 0 Å². The lowest BCUT2D eigenvalue weighted by Gasteiger charge is -2.27. The summed E-state index contributed by atoms with van der Waals surface area (Å²) in [5.41, 5.74) is -0.220. The van der Waals surface area contributed by atoms with Gasteiger partial charge >= 0.3 is 0 Å². The Labute approximate surface area is 172 Å². The average Bonchev–Trinajstić information content (AvgIpc) is 2.81. The van der Waals surface area contributed by atoms with E-state index in [9.17, 15) is 16.8 Å². The maximum absolute atomic E-state index is 15.2. The van der Waals surface area contributed by atoms with Crippen LogP contribution in [0.3, 0.4) is 0 Å². The van der Waals surface area contributed by atoms with Gasteiger partial charge in [0.15, 0.2) is 0 Å². The van der Waals surface area contributed by atoms with E-state index in [1.54, 1.807) is 24.3 Å². The van der Waals surface area contributed by atoms with Gasteiger partial charge in [0.25, 0.3) is 0 Å². The smallest absolute Gasteiger partial charge is 0.241 e. The van der Waals surface area contributed by atoms with Crippen LogP contribution in [0.4, 0.5) is 4.39 Å². The zero-order valence-electron chi connectivity index (χ0n) is 16.7. The third-order valence-electron chi connectivity index (χ3n) is 4.93. The van der Waals surface area contributed by atoms with E-state index < -0.39 is 38.8 Å². The third kappa shape index (κ3) is 4.69. The van der Waals surface area contributed by atoms with Crippen molar-refractivity contribution >= 4 is 20.0 Å². The summed E-state index contributed by atoms with van der Waals surface area (Å²) in [6, 6.07) is 12.6. The molecule has 9 heteroatoms. The maximum Gasteiger partial charge on any atom is 0.243 e. The highest BCUT2D eigenvalue weighted by atomic mass is 32.2. The molecule has 0 saturated carbocycles. The molecule has 3 rings (SSSR count). The first-order chi connectivity index (χ1) is 13.4. The molecule has 0 aromatic heterocycles. The van der Waals surface area contributed by atoms with E-state index in [4.69, 9.17) is 0 Å². The van der Waals surface area contributed by atoms with Gasteiger partial charge in [-0.05, 0) is 45.0 Å². The molecule has 29 heavy (non-hydrogen) atoms. The highest BCUT2D eigenvalue weighted by molar-refractivity contribution is 7.89. The van der Waals surface area contributed by atoms with E-state index in [1.165, 1.54) is 31.2 Å². The van der Waals surface area contributed by atoms with Crippen LogP contribution < -0.4 is 0 Å². The second-order valence-electron chi connectivity index (χ2n) is 7.72. The minimum atomic E-state index is -3.94. The zero-order chi connectivity index (χ0) is 21.4. The predicted molar refractivity (Wildman–Crippen MR) is 109 cm³/mol. The van der Waals surface area contributed by atoms with Crippen LogP contribution >= 0.6 is 0 Å². The summed E-state index contributed by atoms with van der Waals surface area (Å²) in [5.74, 6) is 0. The van der Waals surface area contributed by atoms with E-state index in [0.717, 1.165) is 19.7 Å². The molecule has 0 bridgehead atoms. The fourth-order valence-electron chi connectivity index (χ4n) is 3.30. The molecule has 1 saturated heterocycles. The number of aryl methyl sites for hydroxylation is 2. The van der Waals surface area contributed by atoms with Gasteiger partial charge in [-0.1, -0.05) is 35.4 Å². The van der Waals surface area contributed by atoms with Crippen molar-refractivity contribution in [3.05, 3.63) is 59.7 Å². The van der Waals surface area contributed by atoms with Gasteiger partial charge in [-0.2, -0.15) is 8.61 Å². The molecule has 0 radical (unpaired) electrons. The Morgan fingerprint density at radius 3 is 1.34 bits per heavy atom. The van der Waals surface area contributed by atoms with Gasteiger partial charge in [0.1, 0.15) is 5.67 Å². The van der Waals surface area contributed by atoms with Crippen LogP contribution in [0.2, 0.25) is 0 Å². The van der Waals surface area contributed by atoms with Gasteiger partial charge in [0.2, 0.25) is 20.0 Å². The lowest BCUT2D eigenvalue weighted by atomic mass is 10.1. The molecular formula is C20H25FN2O4S2. The zero-order valence-corrected chi connectivity index (χ0v) is 18.3. The lowest BCUT2D eigenvalue weighted by molar-refractivity contribution is 0.148. The number of rotatable bonds is 4. The molecule has 1 aliphatic rings. The summed E-state index contributed by atoms with van der Waals surface area (Å²) >= 11 is 0. The van der Waals surface area contributed by atoms with Gasteiger partial charge in [-0.3, -0.25) is 0 Å². The average molecular weight is 441 g/mol. The minimum absolute atomic E-state index is 0.0636. The van der Waals surface area contributed by atoms with E-state index in [2.05, 4.69) is 0 Å². The fraction of sp³-hybridized carbons (Fsp3) is 0.400. The largest absolute Gasteiger partial charge is 0.243 e. The summed E-state index contributed by atoms with van der Waals surface area (Å²) in [6.07, 6.45) is 0. The summed E-state index contributed by atoms with van der Waals surface area (Å²) in [7, 11) is -7.88. The Balaban J connectivity index is 1.91. The van der Waals surface area contributed by atoms with Crippen LogP contribution in [-0.4, -0.2) is 57.3 Å². The molecule has 2 aromatic carbocycles. The summed E-state index contributed by atoms with van der Waals surface area (Å²) in [4.78, 5) is 0.127. The Bertz CT molecular complexity index is 993. The van der Waals surface area contributed by atoms with Crippen molar-refractivity contribution in [3.63, 3.8) is 0 Å². The van der Waals surface area contributed by atoms with Crippen LogP contribution in [0.5, 0.6) is 0 Å². The van der Waals surface area contributed by atoms with Crippen LogP contribution in [0.15, 0.2) is 58.3 Å². The van der Waals surface area contributed by atoms with Gasteiger partial charge in [0, 0.05) is 26.2 Å². The van der Waals surface area contributed by atoms with Crippen LogP contribution in [0, 0.1) is 13.8 Å². The first-order valence-corrected chi connectivity index (χ1v) is 12.1. The van der Waals surface area contributed by atoms with Crippen LogP contribution in [0.25, 0.3) is 0 Å². The van der Waals surface area contributed by atoms with Crippen molar-refractivity contribution < 1.29 is 21.2 Å². The number of nitrogens with zero attached hydrogens (tertiary/aromatic N) is 2. The van der Waals surface area contributed by atoms with Crippen molar-refractivity contribution in [1.82, 2.24) is 8.61 Å². The Morgan fingerprint density at radius 1 is 0.724 bits per heavy atom. The quantitative estimate of drug-likeness (QED) is 0.733. The molecule has 1 aliphatic heterocycles. The van der Waals surface area contributed by atoms with E-state index >= 15 is 4.39 Å². The number of halogens is 1. The molecule has 2 aromatic rings. The van der Waals surface area contributed by atoms with E-state index in [1.807, 2.05) is 13.8 Å². The Morgan fingerprint density at radius 2 is 1.03 bits per heavy atom. The topological polar surface area (TPSA) is 74.8 Å². The second kappa shape index (κ2) is 7.79. The molecule has 0 aliphatic carbocycles. The molecule has 0 atom stereocenters. The molecule has 6 nitrogen and oxygen atoms in total. The summed E-state index contributed by atoms with van der Waals surface area (Å²) < 4.78 is 69.3. The first-order valence-electron chi connectivity index (χ1n) is 9.24. The number of hydrogen-bond donors (Lipinski definition) is 0. The SMILES string of the molecule is Cc1ccc(S(=O)(=O)N2CCN(S(=O)(=O)c3ccc(C)cc3)CC(C)(F)C2)cc1. The minimum Gasteiger partial charge on any atom is -0.241 e. The molecule has 0 amide bonds. The number of hydrogen-bond acceptors (Lipinski definition) is 4. The second-order valence-corrected chi connectivity index (χ2v) is 11.6. The summed E-state index contributed by atoms with van der Waals surface area (Å²) in [6.45, 7) is 3.84. The van der Waals surface area contributed by atoms with Gasteiger partial charge in [-0.15, -0.1) is 0 Å². The molecule has 158 valence electrons. The molecule has 0 N–H and O–H groups in total. The van der Waals surface area contributed by atoms with Crippen LogP contribution in [0.1, 0.15) is 18.1 Å². The number of sulfonamides is 2. The Kier molecular flexibility index (Phi) is 5.88. The molecule has 1 heterocycles. The fourth-order valence-corrected chi connectivity index (χ4v) is 6.37. The molecular weight excluding hydrogens is 415 g/mol. The molecule has 0 unspecified atom stereocenters. The first kappa shape index (κ1) is 21.9. The number of alkyl halides is 1. The van der Waals surface area contributed by atoms with Gasteiger partial charge in [0.05, 0.1) is 9.79 Å². The van der Waals surface area contributed by atoms with E-state index in [-0.39, 0.29) is 22.9 Å². The van der Waals surface area contributed by atoms with Crippen molar-refractivity contribution in [2.75, 3.05) is 26.2 Å². The lowest BCUT2D eigenvalue weighted by Crippen LogP contribution is -2.43. The monoisotopic (exact) mass is 440 g/mol. The van der Waals surface area contributed by atoms with Crippen molar-refractivity contribution in [3.8, 4) is 0 Å². The standard InChI is InChI=1S/C20H25FN2O4S2/c1-16-4-8-18(9-5-16)28(24,25)22-12-13-23(15-20(3,21)14-22)29(26,27)19-10-6-17(2)7-11-19/h4-11H,12-15H2,1-3H3.